The molecule has 0 aliphatic heterocycles. The first-order chi connectivity index (χ1) is 21.1. The van der Waals surface area contributed by atoms with Gasteiger partial charge >= 0.3 is 0 Å². The number of ketones is 1. The van der Waals surface area contributed by atoms with Gasteiger partial charge in [-0.2, -0.15) is 0 Å². The van der Waals surface area contributed by atoms with Gasteiger partial charge in [0.1, 0.15) is 28.9 Å². The summed E-state index contributed by atoms with van der Waals surface area (Å²) >= 11 is 0. The Kier molecular flexibility index (Phi) is 11.3. The van der Waals surface area contributed by atoms with Gasteiger partial charge < -0.3 is 30.2 Å². The van der Waals surface area contributed by atoms with Gasteiger partial charge in [-0.3, -0.25) is 14.6 Å². The van der Waals surface area contributed by atoms with E-state index in [-0.39, 0.29) is 48.0 Å². The molecule has 0 saturated heterocycles. The fourth-order valence-electron chi connectivity index (χ4n) is 4.65. The number of H-pyrrole nitrogens is 1. The van der Waals surface area contributed by atoms with Gasteiger partial charge in [-0.15, -0.1) is 0 Å². The molecule has 0 fully saturated rings. The van der Waals surface area contributed by atoms with Gasteiger partial charge in [0.15, 0.2) is 0 Å². The standard InChI is InChI=1S/C33H36F2N4O5/c1-21-4-7-29(34)23(12-21)14-25(41)13-22-5-6-27(16-30(22)35)44-28-8-10-36-32(17-28)31-15-24(18-38-31)33(43)37-9-3-11-39(2)19-26(42)20-40/h4-8,10,12,15-18,26,38,40,42H,3,9,11,13-14,19-20H2,1-2H3,(H,37,43). The highest BCUT2D eigenvalue weighted by Gasteiger charge is 2.15. The number of carbonyl (C=O) groups is 2. The fourth-order valence-corrected chi connectivity index (χ4v) is 4.65. The van der Waals surface area contributed by atoms with Crippen LogP contribution in [0, 0.1) is 18.6 Å². The highest BCUT2D eigenvalue weighted by Crippen LogP contribution is 2.27. The minimum absolute atomic E-state index is 0.122. The van der Waals surface area contributed by atoms with Crippen LogP contribution >= 0.6 is 0 Å². The number of aliphatic hydroxyl groups is 2. The Morgan fingerprint density at radius 1 is 1.02 bits per heavy atom. The van der Waals surface area contributed by atoms with Crippen molar-refractivity contribution in [2.75, 3.05) is 33.3 Å². The third-order valence-electron chi connectivity index (χ3n) is 6.92. The molecule has 0 radical (unpaired) electrons. The van der Waals surface area contributed by atoms with Crippen molar-refractivity contribution in [1.82, 2.24) is 20.2 Å². The van der Waals surface area contributed by atoms with Crippen LogP contribution in [0.4, 0.5) is 8.78 Å². The largest absolute Gasteiger partial charge is 0.457 e. The first-order valence-corrected chi connectivity index (χ1v) is 14.2. The highest BCUT2D eigenvalue weighted by atomic mass is 19.1. The minimum atomic E-state index is -0.793. The quantitative estimate of drug-likeness (QED) is 0.149. The summed E-state index contributed by atoms with van der Waals surface area (Å²) in [4.78, 5) is 34.3. The van der Waals surface area contributed by atoms with E-state index in [1.165, 1.54) is 24.4 Å². The van der Waals surface area contributed by atoms with E-state index in [9.17, 15) is 23.5 Å². The number of Topliss-reactive ketones (excluding diaryl/α,β-unsaturated/α-hetero) is 1. The number of nitrogens with zero attached hydrogens (tertiary/aromatic N) is 2. The number of hydrogen-bond donors (Lipinski definition) is 4. The molecule has 0 aliphatic carbocycles. The average molecular weight is 607 g/mol. The number of likely N-dealkylation sites (N-methyl/N-ethyl adjacent to an activating group) is 1. The summed E-state index contributed by atoms with van der Waals surface area (Å²) in [5.74, 6) is -1.01. The molecule has 232 valence electrons. The van der Waals surface area contributed by atoms with Crippen LogP contribution in [0.5, 0.6) is 11.5 Å². The fraction of sp³-hybridized carbons (Fsp3) is 0.303. The lowest BCUT2D eigenvalue weighted by Gasteiger charge is -2.19. The highest BCUT2D eigenvalue weighted by molar-refractivity contribution is 5.95. The van der Waals surface area contributed by atoms with Crippen LogP contribution < -0.4 is 10.1 Å². The number of ether oxygens (including phenoxy) is 1. The lowest BCUT2D eigenvalue weighted by molar-refractivity contribution is -0.117. The van der Waals surface area contributed by atoms with Crippen LogP contribution in [-0.2, 0) is 17.6 Å². The summed E-state index contributed by atoms with van der Waals surface area (Å²) in [5.41, 5.74) is 2.84. The Hall–Kier alpha value is -4.45. The maximum atomic E-state index is 14.9. The van der Waals surface area contributed by atoms with Crippen LogP contribution in [0.25, 0.3) is 11.4 Å². The van der Waals surface area contributed by atoms with Crippen molar-refractivity contribution in [3.05, 3.63) is 101 Å². The Balaban J connectivity index is 1.31. The van der Waals surface area contributed by atoms with Crippen LogP contribution in [-0.4, -0.2) is 76.2 Å². The molecule has 0 bridgehead atoms. The molecule has 1 unspecified atom stereocenters. The third-order valence-corrected chi connectivity index (χ3v) is 6.92. The van der Waals surface area contributed by atoms with Gasteiger partial charge in [0.2, 0.25) is 0 Å². The molecule has 2 heterocycles. The zero-order valence-electron chi connectivity index (χ0n) is 24.6. The topological polar surface area (TPSA) is 128 Å². The zero-order valence-corrected chi connectivity index (χ0v) is 24.6. The van der Waals surface area contributed by atoms with Crippen LogP contribution in [0.3, 0.4) is 0 Å². The van der Waals surface area contributed by atoms with E-state index in [0.717, 1.165) is 5.56 Å². The second kappa shape index (κ2) is 15.3. The molecule has 44 heavy (non-hydrogen) atoms. The number of amides is 1. The second-order valence-corrected chi connectivity index (χ2v) is 10.7. The maximum absolute atomic E-state index is 14.9. The first kappa shape index (κ1) is 32.5. The first-order valence-electron chi connectivity index (χ1n) is 14.2. The molecule has 9 nitrogen and oxygen atoms in total. The average Bonchev–Trinajstić information content (AvgIpc) is 3.49. The number of rotatable bonds is 15. The smallest absolute Gasteiger partial charge is 0.252 e. The monoisotopic (exact) mass is 606 g/mol. The number of carbonyl (C=O) groups excluding carboxylic acids is 2. The maximum Gasteiger partial charge on any atom is 0.252 e. The molecule has 2 aromatic carbocycles. The van der Waals surface area contributed by atoms with Crippen molar-refractivity contribution in [2.24, 2.45) is 0 Å². The number of aromatic amines is 1. The zero-order chi connectivity index (χ0) is 31.6. The van der Waals surface area contributed by atoms with Crippen molar-refractivity contribution >= 4 is 11.7 Å². The van der Waals surface area contributed by atoms with E-state index in [1.807, 2.05) is 18.9 Å². The van der Waals surface area contributed by atoms with Gasteiger partial charge in [-0.25, -0.2) is 8.78 Å². The van der Waals surface area contributed by atoms with Crippen molar-refractivity contribution < 1.29 is 33.3 Å². The van der Waals surface area contributed by atoms with E-state index in [2.05, 4.69) is 15.3 Å². The van der Waals surface area contributed by atoms with Crippen LogP contribution in [0.1, 0.15) is 33.5 Å². The molecule has 2 aromatic heterocycles. The summed E-state index contributed by atoms with van der Waals surface area (Å²) in [7, 11) is 1.83. The lowest BCUT2D eigenvalue weighted by atomic mass is 10.0. The van der Waals surface area contributed by atoms with Crippen LogP contribution in [0.2, 0.25) is 0 Å². The molecule has 1 atom stereocenters. The summed E-state index contributed by atoms with van der Waals surface area (Å²) in [6.07, 6.45) is 2.69. The summed E-state index contributed by atoms with van der Waals surface area (Å²) < 4.78 is 34.7. The van der Waals surface area contributed by atoms with Crippen LogP contribution in [0.15, 0.2) is 67.0 Å². The molecule has 0 aliphatic rings. The van der Waals surface area contributed by atoms with Gasteiger partial charge in [0.25, 0.3) is 5.91 Å². The van der Waals surface area contributed by atoms with Gasteiger partial charge in [0, 0.05) is 50.5 Å². The molecule has 0 spiro atoms. The summed E-state index contributed by atoms with van der Waals surface area (Å²) in [5, 5.41) is 21.3. The van der Waals surface area contributed by atoms with E-state index >= 15 is 0 Å². The number of aryl methyl sites for hydroxylation is 1. The lowest BCUT2D eigenvalue weighted by Crippen LogP contribution is -2.33. The molecular formula is C33H36F2N4O5. The molecule has 0 saturated carbocycles. The molecule has 1 amide bonds. The molecule has 11 heteroatoms. The Bertz CT molecular complexity index is 1590. The van der Waals surface area contributed by atoms with E-state index in [1.54, 1.807) is 42.6 Å². The van der Waals surface area contributed by atoms with Gasteiger partial charge in [-0.05, 0) is 62.3 Å². The SMILES string of the molecule is Cc1ccc(F)c(CC(=O)Cc2ccc(Oc3ccnc(-c4cc(C(=O)NCCCN(C)CC(O)CO)c[nH]4)c3)cc2F)c1. The predicted octanol–water partition coefficient (Wildman–Crippen LogP) is 4.21. The van der Waals surface area contributed by atoms with Crippen molar-refractivity contribution in [2.45, 2.75) is 32.3 Å². The summed E-state index contributed by atoms with van der Waals surface area (Å²) in [6.45, 7) is 2.95. The second-order valence-electron chi connectivity index (χ2n) is 10.7. The Labute approximate surface area is 254 Å². The number of nitrogens with one attached hydrogen (secondary N) is 2. The van der Waals surface area contributed by atoms with Gasteiger partial charge in [0.05, 0.1) is 29.7 Å². The van der Waals surface area contributed by atoms with Crippen molar-refractivity contribution in [3.63, 3.8) is 0 Å². The van der Waals surface area contributed by atoms with Gasteiger partial charge in [-0.1, -0.05) is 23.8 Å². The number of aliphatic hydroxyl groups excluding tert-OH is 2. The molecule has 4 rings (SSSR count). The number of halogens is 2. The Morgan fingerprint density at radius 3 is 2.57 bits per heavy atom. The van der Waals surface area contributed by atoms with E-state index in [4.69, 9.17) is 9.84 Å². The minimum Gasteiger partial charge on any atom is -0.457 e. The normalized spacial score (nSPS) is 11.9. The third kappa shape index (κ3) is 9.27. The Morgan fingerprint density at radius 2 is 1.80 bits per heavy atom. The van der Waals surface area contributed by atoms with E-state index in [0.29, 0.717) is 48.8 Å². The summed E-state index contributed by atoms with van der Waals surface area (Å²) in [6, 6.07) is 13.7. The van der Waals surface area contributed by atoms with Crippen molar-refractivity contribution in [3.8, 4) is 22.9 Å². The predicted molar refractivity (Wildman–Crippen MR) is 162 cm³/mol. The van der Waals surface area contributed by atoms with Crippen molar-refractivity contribution in [1.29, 1.82) is 0 Å². The number of benzene rings is 2. The number of pyridine rings is 1. The molecular weight excluding hydrogens is 570 g/mol. The molecule has 4 N–H and O–H groups in total. The van der Waals surface area contributed by atoms with E-state index < -0.39 is 17.7 Å². The number of aromatic nitrogens is 2. The molecule has 4 aromatic rings. The number of hydrogen-bond acceptors (Lipinski definition) is 7.